The molecule has 0 atom stereocenters. The lowest BCUT2D eigenvalue weighted by Crippen LogP contribution is -2.09. The van der Waals surface area contributed by atoms with Crippen molar-refractivity contribution in [1.82, 2.24) is 0 Å². The van der Waals surface area contributed by atoms with Crippen LogP contribution in [0.15, 0.2) is 24.3 Å². The Morgan fingerprint density at radius 1 is 1.24 bits per heavy atom. The van der Waals surface area contributed by atoms with Crippen molar-refractivity contribution in [2.45, 2.75) is 26.6 Å². The van der Waals surface area contributed by atoms with E-state index in [2.05, 4.69) is 5.32 Å². The monoisotopic (exact) mass is 310 g/mol. The molecule has 2 aromatic rings. The second-order valence-electron chi connectivity index (χ2n) is 4.68. The number of nitrogens with one attached hydrogen (secondary N) is 1. The first-order valence-electron chi connectivity index (χ1n) is 6.22. The summed E-state index contributed by atoms with van der Waals surface area (Å²) in [5.74, 6) is 0. The fourth-order valence-corrected chi connectivity index (χ4v) is 2.91. The van der Waals surface area contributed by atoms with Crippen LogP contribution in [0.2, 0.25) is 0 Å². The molecule has 0 unspecified atom stereocenters. The van der Waals surface area contributed by atoms with Crippen molar-refractivity contribution < 1.29 is 13.2 Å². The van der Waals surface area contributed by atoms with Gasteiger partial charge >= 0.3 is 6.18 Å². The van der Waals surface area contributed by atoms with E-state index < -0.39 is 11.7 Å². The summed E-state index contributed by atoms with van der Waals surface area (Å²) in [6.45, 7) is 4.47. The van der Waals surface area contributed by atoms with Crippen molar-refractivity contribution in [3.63, 3.8) is 0 Å². The van der Waals surface area contributed by atoms with E-state index in [1.165, 1.54) is 22.6 Å². The summed E-state index contributed by atoms with van der Waals surface area (Å²) in [7, 11) is 0. The third kappa shape index (κ3) is 3.56. The highest BCUT2D eigenvalue weighted by Gasteiger charge is 2.33. The molecule has 110 valence electrons. The van der Waals surface area contributed by atoms with Gasteiger partial charge in [-0.2, -0.15) is 18.4 Å². The maximum absolute atomic E-state index is 12.9. The van der Waals surface area contributed by atoms with Gasteiger partial charge in [0.15, 0.2) is 0 Å². The van der Waals surface area contributed by atoms with Gasteiger partial charge in [-0.3, -0.25) is 0 Å². The molecule has 0 amide bonds. The van der Waals surface area contributed by atoms with Gasteiger partial charge in [0, 0.05) is 22.0 Å². The minimum absolute atomic E-state index is 0.352. The first-order chi connectivity index (χ1) is 9.81. The molecule has 2 nitrogen and oxygen atoms in total. The molecule has 1 heterocycles. The number of thiophene rings is 1. The minimum Gasteiger partial charge on any atom is -0.380 e. The zero-order valence-corrected chi connectivity index (χ0v) is 12.3. The van der Waals surface area contributed by atoms with E-state index in [9.17, 15) is 13.2 Å². The van der Waals surface area contributed by atoms with Crippen molar-refractivity contribution >= 4 is 17.0 Å². The number of halogens is 3. The first kappa shape index (κ1) is 15.4. The van der Waals surface area contributed by atoms with Crippen LogP contribution in [0.25, 0.3) is 0 Å². The molecule has 0 spiro atoms. The number of rotatable bonds is 3. The van der Waals surface area contributed by atoms with Gasteiger partial charge in [-0.1, -0.05) is 0 Å². The number of hydrogen-bond donors (Lipinski definition) is 1. The molecule has 1 aromatic heterocycles. The zero-order chi connectivity index (χ0) is 15.6. The SMILES string of the molecule is Cc1cc(CNc2ccc(C#N)c(C(F)(F)F)c2)sc1C. The maximum atomic E-state index is 12.9. The summed E-state index contributed by atoms with van der Waals surface area (Å²) in [6, 6.07) is 7.24. The van der Waals surface area contributed by atoms with E-state index in [0.717, 1.165) is 10.9 Å². The Morgan fingerprint density at radius 3 is 2.48 bits per heavy atom. The molecule has 1 N–H and O–H groups in total. The van der Waals surface area contributed by atoms with E-state index >= 15 is 0 Å². The third-order valence-corrected chi connectivity index (χ3v) is 4.28. The lowest BCUT2D eigenvalue weighted by atomic mass is 10.1. The summed E-state index contributed by atoms with van der Waals surface area (Å²) < 4.78 is 38.6. The Labute approximate surface area is 124 Å². The van der Waals surface area contributed by atoms with Crippen LogP contribution in [0.5, 0.6) is 0 Å². The molecule has 0 fully saturated rings. The lowest BCUT2D eigenvalue weighted by Gasteiger charge is -2.11. The predicted molar refractivity (Wildman–Crippen MR) is 77.3 cm³/mol. The number of nitriles is 1. The van der Waals surface area contributed by atoms with E-state index in [1.54, 1.807) is 17.4 Å². The molecule has 0 aliphatic heterocycles. The van der Waals surface area contributed by atoms with Crippen molar-refractivity contribution in [1.29, 1.82) is 5.26 Å². The van der Waals surface area contributed by atoms with Crippen LogP contribution >= 0.6 is 11.3 Å². The number of alkyl halides is 3. The molecular weight excluding hydrogens is 297 g/mol. The molecule has 0 saturated carbocycles. The van der Waals surface area contributed by atoms with Gasteiger partial charge in [0.1, 0.15) is 0 Å². The van der Waals surface area contributed by atoms with Gasteiger partial charge < -0.3 is 5.32 Å². The van der Waals surface area contributed by atoms with Crippen LogP contribution in [-0.4, -0.2) is 0 Å². The Morgan fingerprint density at radius 2 is 1.95 bits per heavy atom. The molecule has 6 heteroatoms. The average Bonchev–Trinajstić information content (AvgIpc) is 2.74. The van der Waals surface area contributed by atoms with E-state index in [1.807, 2.05) is 19.9 Å². The maximum Gasteiger partial charge on any atom is 0.417 e. The lowest BCUT2D eigenvalue weighted by molar-refractivity contribution is -0.137. The Bertz CT molecular complexity index is 676. The second kappa shape index (κ2) is 5.78. The van der Waals surface area contributed by atoms with Crippen molar-refractivity contribution in [3.05, 3.63) is 50.7 Å². The fraction of sp³-hybridized carbons (Fsp3) is 0.267. The fourth-order valence-electron chi connectivity index (χ4n) is 1.91. The standard InChI is InChI=1S/C15H13F3N2S/c1-9-5-13(21-10(9)2)8-20-12-4-3-11(7-19)14(6-12)15(16,17)18/h3-6,20H,8H2,1-2H3. The topological polar surface area (TPSA) is 35.8 Å². The Balaban J connectivity index is 2.20. The first-order valence-corrected chi connectivity index (χ1v) is 7.04. The van der Waals surface area contributed by atoms with Crippen molar-refractivity contribution in [2.75, 3.05) is 5.32 Å². The molecule has 0 bridgehead atoms. The van der Waals surface area contributed by atoms with Crippen LogP contribution in [0.3, 0.4) is 0 Å². The van der Waals surface area contributed by atoms with Gasteiger partial charge in [-0.25, -0.2) is 0 Å². The summed E-state index contributed by atoms with van der Waals surface area (Å²) in [5, 5.41) is 11.7. The second-order valence-corrected chi connectivity index (χ2v) is 6.02. The number of hydrogen-bond acceptors (Lipinski definition) is 3. The average molecular weight is 310 g/mol. The molecule has 1 aromatic carbocycles. The highest BCUT2D eigenvalue weighted by molar-refractivity contribution is 7.12. The van der Waals surface area contributed by atoms with Crippen LogP contribution in [0.1, 0.15) is 26.4 Å². The molecular formula is C15H13F3N2S. The smallest absolute Gasteiger partial charge is 0.380 e. The van der Waals surface area contributed by atoms with Gasteiger partial charge in [0.05, 0.1) is 17.2 Å². The largest absolute Gasteiger partial charge is 0.417 e. The number of nitrogens with zero attached hydrogens (tertiary/aromatic N) is 1. The third-order valence-electron chi connectivity index (χ3n) is 3.13. The van der Waals surface area contributed by atoms with Crippen LogP contribution in [0, 0.1) is 25.2 Å². The molecule has 21 heavy (non-hydrogen) atoms. The van der Waals surface area contributed by atoms with Crippen LogP contribution < -0.4 is 5.32 Å². The van der Waals surface area contributed by atoms with Crippen LogP contribution in [-0.2, 0) is 12.7 Å². The van der Waals surface area contributed by atoms with E-state index in [4.69, 9.17) is 5.26 Å². The van der Waals surface area contributed by atoms with Gasteiger partial charge in [0.2, 0.25) is 0 Å². The molecule has 0 aliphatic carbocycles. The number of benzene rings is 1. The zero-order valence-electron chi connectivity index (χ0n) is 11.5. The number of aryl methyl sites for hydroxylation is 2. The van der Waals surface area contributed by atoms with Gasteiger partial charge in [-0.15, -0.1) is 11.3 Å². The molecule has 2 rings (SSSR count). The number of anilines is 1. The van der Waals surface area contributed by atoms with E-state index in [-0.39, 0.29) is 5.56 Å². The van der Waals surface area contributed by atoms with Gasteiger partial charge in [-0.05, 0) is 43.7 Å². The Kier molecular flexibility index (Phi) is 4.24. The predicted octanol–water partition coefficient (Wildman–Crippen LogP) is 4.87. The Hall–Kier alpha value is -2.00. The van der Waals surface area contributed by atoms with E-state index in [0.29, 0.717) is 12.2 Å². The quantitative estimate of drug-likeness (QED) is 0.878. The minimum atomic E-state index is -4.53. The highest BCUT2D eigenvalue weighted by atomic mass is 32.1. The summed E-state index contributed by atoms with van der Waals surface area (Å²) in [4.78, 5) is 2.26. The highest BCUT2D eigenvalue weighted by Crippen LogP contribution is 2.33. The van der Waals surface area contributed by atoms with Crippen LogP contribution in [0.4, 0.5) is 18.9 Å². The summed E-state index contributed by atoms with van der Waals surface area (Å²) in [6.07, 6.45) is -4.53. The normalized spacial score (nSPS) is 11.2. The van der Waals surface area contributed by atoms with Crippen molar-refractivity contribution in [3.8, 4) is 6.07 Å². The molecule has 0 saturated heterocycles. The molecule has 0 radical (unpaired) electrons. The van der Waals surface area contributed by atoms with Crippen molar-refractivity contribution in [2.24, 2.45) is 0 Å². The molecule has 0 aliphatic rings. The van der Waals surface area contributed by atoms with Gasteiger partial charge in [0.25, 0.3) is 0 Å². The summed E-state index contributed by atoms with van der Waals surface area (Å²) in [5.41, 5.74) is 0.252. The summed E-state index contributed by atoms with van der Waals surface area (Å²) >= 11 is 1.61.